The molecule has 0 saturated carbocycles. The molecule has 1 aromatic heterocycles. The number of sulfonamides is 1. The Balaban J connectivity index is 2.37. The van der Waals surface area contributed by atoms with Crippen LogP contribution in [0.2, 0.25) is 0 Å². The third kappa shape index (κ3) is 2.60. The first kappa shape index (κ1) is 15.4. The number of carboxylic acid groups (broad SMARTS) is 1. The van der Waals surface area contributed by atoms with Crippen LogP contribution >= 0.6 is 11.3 Å². The van der Waals surface area contributed by atoms with Crippen molar-refractivity contribution in [1.29, 1.82) is 0 Å². The van der Waals surface area contributed by atoms with Crippen LogP contribution in [-0.4, -0.2) is 49.6 Å². The lowest BCUT2D eigenvalue weighted by atomic mass is 10.2. The molecule has 20 heavy (non-hydrogen) atoms. The van der Waals surface area contributed by atoms with Crippen LogP contribution < -0.4 is 0 Å². The van der Waals surface area contributed by atoms with Gasteiger partial charge in [0.25, 0.3) is 0 Å². The number of rotatable bonds is 4. The first-order valence-corrected chi connectivity index (χ1v) is 8.44. The summed E-state index contributed by atoms with van der Waals surface area (Å²) in [6.45, 7) is 3.99. The molecule has 8 heteroatoms. The van der Waals surface area contributed by atoms with Crippen molar-refractivity contribution in [3.05, 3.63) is 15.8 Å². The summed E-state index contributed by atoms with van der Waals surface area (Å²) in [6, 6.07) is 1.02. The number of hydrogen-bond acceptors (Lipinski definition) is 5. The van der Waals surface area contributed by atoms with Crippen molar-refractivity contribution in [2.45, 2.75) is 37.3 Å². The molecule has 112 valence electrons. The topological polar surface area (TPSA) is 83.9 Å². The summed E-state index contributed by atoms with van der Waals surface area (Å²) in [6.07, 6.45) is 0.485. The van der Waals surface area contributed by atoms with Crippen LogP contribution in [0.3, 0.4) is 0 Å². The van der Waals surface area contributed by atoms with Gasteiger partial charge in [-0.05, 0) is 26.3 Å². The molecule has 1 saturated heterocycles. The third-order valence-corrected chi connectivity index (χ3v) is 6.72. The van der Waals surface area contributed by atoms with E-state index in [1.807, 2.05) is 6.92 Å². The summed E-state index contributed by atoms with van der Waals surface area (Å²) >= 11 is 0.973. The molecule has 0 radical (unpaired) electrons. The second-order valence-corrected chi connectivity index (χ2v) is 8.01. The smallest absolute Gasteiger partial charge is 0.345 e. The highest BCUT2D eigenvalue weighted by Crippen LogP contribution is 2.31. The number of carboxylic acids is 1. The minimum Gasteiger partial charge on any atom is -0.477 e. The zero-order valence-corrected chi connectivity index (χ0v) is 13.1. The number of ether oxygens (including phenoxy) is 1. The van der Waals surface area contributed by atoms with Crippen molar-refractivity contribution >= 4 is 27.3 Å². The van der Waals surface area contributed by atoms with Crippen LogP contribution in [0.1, 0.15) is 27.9 Å². The summed E-state index contributed by atoms with van der Waals surface area (Å²) in [5.41, 5.74) is 0. The van der Waals surface area contributed by atoms with Gasteiger partial charge >= 0.3 is 5.97 Å². The van der Waals surface area contributed by atoms with Crippen LogP contribution in [0, 0.1) is 6.92 Å². The molecule has 1 fully saturated rings. The summed E-state index contributed by atoms with van der Waals surface area (Å²) < 4.78 is 31.9. The second-order valence-electron chi connectivity index (χ2n) is 4.79. The van der Waals surface area contributed by atoms with Gasteiger partial charge < -0.3 is 9.84 Å². The molecule has 0 amide bonds. The SMILES string of the molecule is Cc1sc(C(=O)O)cc1S(=O)(=O)N(C)C1CCOC1C. The van der Waals surface area contributed by atoms with Crippen molar-refractivity contribution in [3.8, 4) is 0 Å². The van der Waals surface area contributed by atoms with Gasteiger partial charge in [-0.3, -0.25) is 0 Å². The van der Waals surface area contributed by atoms with Crippen molar-refractivity contribution < 1.29 is 23.1 Å². The van der Waals surface area contributed by atoms with Gasteiger partial charge in [-0.25, -0.2) is 13.2 Å². The van der Waals surface area contributed by atoms with Gasteiger partial charge in [-0.1, -0.05) is 0 Å². The predicted octanol–water partition coefficient (Wildman–Crippen LogP) is 1.55. The first-order valence-electron chi connectivity index (χ1n) is 6.18. The maximum atomic E-state index is 12.6. The molecule has 2 rings (SSSR count). The van der Waals surface area contributed by atoms with Crippen LogP contribution in [0.4, 0.5) is 0 Å². The van der Waals surface area contributed by atoms with Gasteiger partial charge in [0.05, 0.1) is 17.0 Å². The van der Waals surface area contributed by atoms with Crippen molar-refractivity contribution in [2.75, 3.05) is 13.7 Å². The number of likely N-dealkylation sites (N-methyl/N-ethyl adjacent to an activating group) is 1. The number of hydrogen-bond donors (Lipinski definition) is 1. The highest BCUT2D eigenvalue weighted by atomic mass is 32.2. The Morgan fingerprint density at radius 2 is 2.20 bits per heavy atom. The summed E-state index contributed by atoms with van der Waals surface area (Å²) in [5.74, 6) is -1.11. The summed E-state index contributed by atoms with van der Waals surface area (Å²) in [5, 5.41) is 8.96. The van der Waals surface area contributed by atoms with Crippen molar-refractivity contribution in [3.63, 3.8) is 0 Å². The Kier molecular flexibility index (Phi) is 4.19. The van der Waals surface area contributed by atoms with Gasteiger partial charge in [0, 0.05) is 18.5 Å². The van der Waals surface area contributed by atoms with Gasteiger partial charge in [-0.15, -0.1) is 11.3 Å². The number of aryl methyl sites for hydroxylation is 1. The Hall–Kier alpha value is -0.960. The van der Waals surface area contributed by atoms with E-state index in [0.717, 1.165) is 11.3 Å². The van der Waals surface area contributed by atoms with E-state index in [1.54, 1.807) is 6.92 Å². The fourth-order valence-electron chi connectivity index (χ4n) is 2.36. The molecule has 6 nitrogen and oxygen atoms in total. The molecular weight excluding hydrogens is 302 g/mol. The fraction of sp³-hybridized carbons (Fsp3) is 0.583. The second kappa shape index (κ2) is 5.44. The quantitative estimate of drug-likeness (QED) is 0.910. The molecule has 2 atom stereocenters. The molecule has 1 aliphatic heterocycles. The zero-order chi connectivity index (χ0) is 15.1. The minimum absolute atomic E-state index is 0.0326. The standard InChI is InChI=1S/C12H17NO5S2/c1-7-9(4-5-18-7)13(3)20(16,17)11-6-10(12(14)15)19-8(11)2/h6-7,9H,4-5H2,1-3H3,(H,14,15). The van der Waals surface area contributed by atoms with E-state index < -0.39 is 16.0 Å². The lowest BCUT2D eigenvalue weighted by Gasteiger charge is -2.25. The molecular formula is C12H17NO5S2. The molecule has 1 aliphatic rings. The maximum Gasteiger partial charge on any atom is 0.345 e. The lowest BCUT2D eigenvalue weighted by molar-refractivity contribution is 0.0702. The molecule has 0 bridgehead atoms. The Morgan fingerprint density at radius 3 is 2.65 bits per heavy atom. The third-order valence-electron chi connectivity index (χ3n) is 3.54. The average molecular weight is 319 g/mol. The molecule has 0 aliphatic carbocycles. The first-order chi connectivity index (χ1) is 9.25. The van der Waals surface area contributed by atoms with Gasteiger partial charge in [-0.2, -0.15) is 4.31 Å². The largest absolute Gasteiger partial charge is 0.477 e. The minimum atomic E-state index is -3.70. The maximum absolute atomic E-state index is 12.6. The Bertz CT molecular complexity index is 622. The Morgan fingerprint density at radius 1 is 1.55 bits per heavy atom. The van der Waals surface area contributed by atoms with Crippen LogP contribution in [-0.2, 0) is 14.8 Å². The van der Waals surface area contributed by atoms with Crippen LogP contribution in [0.5, 0.6) is 0 Å². The van der Waals surface area contributed by atoms with E-state index in [1.165, 1.54) is 17.4 Å². The number of aromatic carboxylic acids is 1. The van der Waals surface area contributed by atoms with E-state index >= 15 is 0 Å². The molecule has 1 N–H and O–H groups in total. The average Bonchev–Trinajstić information content (AvgIpc) is 2.94. The van der Waals surface area contributed by atoms with Crippen LogP contribution in [0.15, 0.2) is 11.0 Å². The van der Waals surface area contributed by atoms with Gasteiger partial charge in [0.15, 0.2) is 0 Å². The molecule has 0 spiro atoms. The summed E-state index contributed by atoms with van der Waals surface area (Å²) in [4.78, 5) is 11.5. The molecule has 0 aromatic carbocycles. The normalized spacial score (nSPS) is 23.4. The monoisotopic (exact) mass is 319 g/mol. The predicted molar refractivity (Wildman–Crippen MR) is 74.8 cm³/mol. The van der Waals surface area contributed by atoms with Crippen LogP contribution in [0.25, 0.3) is 0 Å². The molecule has 2 unspecified atom stereocenters. The summed E-state index contributed by atoms with van der Waals surface area (Å²) in [7, 11) is -2.18. The highest BCUT2D eigenvalue weighted by molar-refractivity contribution is 7.89. The van der Waals surface area contributed by atoms with Gasteiger partial charge in [0.2, 0.25) is 10.0 Å². The zero-order valence-electron chi connectivity index (χ0n) is 11.5. The number of carbonyl (C=O) groups is 1. The highest BCUT2D eigenvalue weighted by Gasteiger charge is 2.36. The number of nitrogens with zero attached hydrogens (tertiary/aromatic N) is 1. The van der Waals surface area contributed by atoms with E-state index in [9.17, 15) is 13.2 Å². The lowest BCUT2D eigenvalue weighted by Crippen LogP contribution is -2.41. The molecule has 2 heterocycles. The Labute approximate surface area is 122 Å². The van der Waals surface area contributed by atoms with E-state index in [4.69, 9.17) is 9.84 Å². The van der Waals surface area contributed by atoms with Crippen molar-refractivity contribution in [2.24, 2.45) is 0 Å². The molecule has 1 aromatic rings. The van der Waals surface area contributed by atoms with E-state index in [-0.39, 0.29) is 21.9 Å². The van der Waals surface area contributed by atoms with E-state index in [0.29, 0.717) is 17.9 Å². The fourth-order valence-corrected chi connectivity index (χ4v) is 5.20. The van der Waals surface area contributed by atoms with Gasteiger partial charge in [0.1, 0.15) is 4.88 Å². The van der Waals surface area contributed by atoms with E-state index in [2.05, 4.69) is 0 Å². The number of thiophene rings is 1. The van der Waals surface area contributed by atoms with Crippen molar-refractivity contribution in [1.82, 2.24) is 4.31 Å².